The van der Waals surface area contributed by atoms with Gasteiger partial charge in [0.25, 0.3) is 0 Å². The van der Waals surface area contributed by atoms with Crippen LogP contribution in [0.4, 0.5) is 0 Å². The van der Waals surface area contributed by atoms with Crippen molar-refractivity contribution in [2.24, 2.45) is 5.41 Å². The van der Waals surface area contributed by atoms with Crippen molar-refractivity contribution in [3.8, 4) is 5.75 Å². The van der Waals surface area contributed by atoms with E-state index in [9.17, 15) is 14.7 Å². The average molecular weight is 384 g/mol. The molecule has 0 heterocycles. The van der Waals surface area contributed by atoms with Crippen LogP contribution >= 0.6 is 0 Å². The van der Waals surface area contributed by atoms with Gasteiger partial charge in [0.2, 0.25) is 0 Å². The summed E-state index contributed by atoms with van der Waals surface area (Å²) in [5.41, 5.74) is 0.538. The van der Waals surface area contributed by atoms with E-state index in [1.807, 2.05) is 38.1 Å². The third-order valence-electron chi connectivity index (χ3n) is 5.45. The lowest BCUT2D eigenvalue weighted by molar-refractivity contribution is -0.131. The van der Waals surface area contributed by atoms with Crippen molar-refractivity contribution in [1.82, 2.24) is 0 Å². The normalized spacial score (nSPS) is 22.6. The van der Waals surface area contributed by atoms with E-state index in [2.05, 4.69) is 0 Å². The second kappa shape index (κ2) is 8.15. The zero-order valence-electron chi connectivity index (χ0n) is 17.1. The summed E-state index contributed by atoms with van der Waals surface area (Å²) in [5.74, 6) is -0.316. The highest BCUT2D eigenvalue weighted by Gasteiger charge is 2.49. The summed E-state index contributed by atoms with van der Waals surface area (Å²) < 4.78 is 5.25. The van der Waals surface area contributed by atoms with Crippen molar-refractivity contribution in [2.75, 3.05) is 7.11 Å². The van der Waals surface area contributed by atoms with Crippen molar-refractivity contribution in [3.63, 3.8) is 0 Å². The van der Waals surface area contributed by atoms with E-state index < -0.39 is 17.0 Å². The van der Waals surface area contributed by atoms with E-state index in [-0.39, 0.29) is 12.2 Å². The Morgan fingerprint density at radius 1 is 1.32 bits per heavy atom. The Morgan fingerprint density at radius 2 is 2.00 bits per heavy atom. The number of rotatable bonds is 6. The molecule has 150 valence electrons. The summed E-state index contributed by atoms with van der Waals surface area (Å²) in [6.07, 6.45) is 4.88. The van der Waals surface area contributed by atoms with Gasteiger partial charge in [0.1, 0.15) is 11.4 Å². The van der Waals surface area contributed by atoms with E-state index in [1.54, 1.807) is 33.1 Å². The standard InChI is InChI=1S/C23H28O5/c1-15(11-21(25)26)9-10-23(27)16(2)19(20(24)14-22(23,3)4)13-17-7-6-8-18(12-17)28-5/h6-12,27H,13-14H2,1-5H3,(H,25,26)/b10-9+,15-11-/t23-/m0/s1. The van der Waals surface area contributed by atoms with Crippen molar-refractivity contribution >= 4 is 11.8 Å². The van der Waals surface area contributed by atoms with E-state index in [1.165, 1.54) is 0 Å². The molecule has 1 aromatic carbocycles. The van der Waals surface area contributed by atoms with Crippen molar-refractivity contribution in [2.45, 2.75) is 46.1 Å². The van der Waals surface area contributed by atoms with Crippen molar-refractivity contribution < 1.29 is 24.5 Å². The lowest BCUT2D eigenvalue weighted by Crippen LogP contribution is -2.49. The number of carbonyl (C=O) groups is 2. The first-order chi connectivity index (χ1) is 13.0. The summed E-state index contributed by atoms with van der Waals surface area (Å²) >= 11 is 0. The molecule has 0 fully saturated rings. The van der Waals surface area contributed by atoms with Crippen LogP contribution in [0.15, 0.2) is 59.2 Å². The highest BCUT2D eigenvalue weighted by Crippen LogP contribution is 2.47. The van der Waals surface area contributed by atoms with Crippen LogP contribution in [0.25, 0.3) is 0 Å². The average Bonchev–Trinajstić information content (AvgIpc) is 2.61. The summed E-state index contributed by atoms with van der Waals surface area (Å²) in [5, 5.41) is 20.4. The molecule has 0 amide bonds. The van der Waals surface area contributed by atoms with Crippen LogP contribution in [0, 0.1) is 5.41 Å². The Balaban J connectivity index is 2.49. The van der Waals surface area contributed by atoms with Gasteiger partial charge >= 0.3 is 5.97 Å². The smallest absolute Gasteiger partial charge is 0.328 e. The quantitative estimate of drug-likeness (QED) is 0.575. The zero-order valence-corrected chi connectivity index (χ0v) is 17.1. The van der Waals surface area contributed by atoms with E-state index in [4.69, 9.17) is 9.84 Å². The third kappa shape index (κ3) is 4.42. The first-order valence-electron chi connectivity index (χ1n) is 9.19. The molecular formula is C23H28O5. The van der Waals surface area contributed by atoms with E-state index in [0.717, 1.165) is 11.6 Å². The Kier molecular flexibility index (Phi) is 6.30. The molecular weight excluding hydrogens is 356 g/mol. The minimum Gasteiger partial charge on any atom is -0.497 e. The molecule has 0 bridgehead atoms. The molecule has 0 aromatic heterocycles. The van der Waals surface area contributed by atoms with Crippen LogP contribution in [0.5, 0.6) is 5.75 Å². The van der Waals surface area contributed by atoms with Gasteiger partial charge in [0.15, 0.2) is 5.78 Å². The third-order valence-corrected chi connectivity index (χ3v) is 5.45. The van der Waals surface area contributed by atoms with Gasteiger partial charge in [-0.3, -0.25) is 4.79 Å². The lowest BCUT2D eigenvalue weighted by atomic mass is 9.62. The minimum absolute atomic E-state index is 0.0150. The summed E-state index contributed by atoms with van der Waals surface area (Å²) in [6, 6.07) is 7.51. The number of Topliss-reactive ketones (excluding diaryl/α,β-unsaturated/α-hetero) is 1. The number of benzene rings is 1. The molecule has 2 N–H and O–H groups in total. The fourth-order valence-corrected chi connectivity index (χ4v) is 3.65. The molecule has 0 unspecified atom stereocenters. The number of aliphatic hydroxyl groups is 1. The number of carbonyl (C=O) groups excluding carboxylic acids is 1. The second-order valence-electron chi connectivity index (χ2n) is 7.94. The molecule has 1 atom stereocenters. The SMILES string of the molecule is COc1cccc(CC2=C(C)[C@@](O)(/C=C/C(C)=C\C(=O)O)C(C)(C)CC2=O)c1. The fourth-order valence-electron chi connectivity index (χ4n) is 3.65. The molecule has 0 radical (unpaired) electrons. The van der Waals surface area contributed by atoms with Gasteiger partial charge in [-0.1, -0.05) is 32.1 Å². The topological polar surface area (TPSA) is 83.8 Å². The molecule has 0 spiro atoms. The largest absolute Gasteiger partial charge is 0.497 e. The number of ketones is 1. The number of aliphatic carboxylic acids is 1. The Labute approximate surface area is 166 Å². The number of hydrogen-bond donors (Lipinski definition) is 2. The minimum atomic E-state index is -1.36. The predicted octanol–water partition coefficient (Wildman–Crippen LogP) is 3.87. The van der Waals surface area contributed by atoms with Gasteiger partial charge in [-0.05, 0) is 48.8 Å². The molecule has 5 nitrogen and oxygen atoms in total. The molecule has 5 heteroatoms. The lowest BCUT2D eigenvalue weighted by Gasteiger charge is -2.46. The van der Waals surface area contributed by atoms with Crippen LogP contribution in [-0.2, 0) is 16.0 Å². The van der Waals surface area contributed by atoms with Crippen LogP contribution in [0.2, 0.25) is 0 Å². The molecule has 0 saturated heterocycles. The Morgan fingerprint density at radius 3 is 2.61 bits per heavy atom. The van der Waals surface area contributed by atoms with E-state index in [0.29, 0.717) is 28.9 Å². The van der Waals surface area contributed by atoms with Crippen molar-refractivity contribution in [1.29, 1.82) is 0 Å². The Hall–Kier alpha value is -2.66. The number of ether oxygens (including phenoxy) is 1. The van der Waals surface area contributed by atoms with E-state index >= 15 is 0 Å². The highest BCUT2D eigenvalue weighted by atomic mass is 16.5. The van der Waals surface area contributed by atoms with Crippen LogP contribution in [0.1, 0.15) is 39.7 Å². The first kappa shape index (κ1) is 21.6. The summed E-state index contributed by atoms with van der Waals surface area (Å²) in [6.45, 7) is 7.12. The molecule has 28 heavy (non-hydrogen) atoms. The molecule has 0 saturated carbocycles. The Bertz CT molecular complexity index is 873. The predicted molar refractivity (Wildman–Crippen MR) is 108 cm³/mol. The number of methoxy groups -OCH3 is 1. The zero-order chi connectivity index (χ0) is 21.1. The van der Waals surface area contributed by atoms with Gasteiger partial charge in [-0.2, -0.15) is 0 Å². The van der Waals surface area contributed by atoms with Gasteiger partial charge in [0.05, 0.1) is 7.11 Å². The summed E-state index contributed by atoms with van der Waals surface area (Å²) in [4.78, 5) is 23.7. The van der Waals surface area contributed by atoms with Crippen LogP contribution < -0.4 is 4.74 Å². The molecule has 1 aromatic rings. The number of hydrogen-bond acceptors (Lipinski definition) is 4. The first-order valence-corrected chi connectivity index (χ1v) is 9.19. The maximum atomic E-state index is 12.8. The molecule has 0 aliphatic heterocycles. The monoisotopic (exact) mass is 384 g/mol. The summed E-state index contributed by atoms with van der Waals surface area (Å²) in [7, 11) is 1.59. The molecule has 1 aliphatic rings. The van der Waals surface area contributed by atoms with Gasteiger partial charge in [-0.25, -0.2) is 4.79 Å². The fraction of sp³-hybridized carbons (Fsp3) is 0.391. The van der Waals surface area contributed by atoms with Gasteiger partial charge in [-0.15, -0.1) is 0 Å². The molecule has 1 aliphatic carbocycles. The van der Waals surface area contributed by atoms with Crippen LogP contribution in [-0.4, -0.2) is 34.7 Å². The number of carboxylic acids is 1. The second-order valence-corrected chi connectivity index (χ2v) is 7.94. The van der Waals surface area contributed by atoms with Crippen LogP contribution in [0.3, 0.4) is 0 Å². The maximum Gasteiger partial charge on any atom is 0.328 e. The number of allylic oxidation sites excluding steroid dienone is 3. The number of carboxylic acid groups (broad SMARTS) is 1. The van der Waals surface area contributed by atoms with Gasteiger partial charge in [0, 0.05) is 29.9 Å². The molecule has 2 rings (SSSR count). The highest BCUT2D eigenvalue weighted by molar-refractivity contribution is 5.98. The maximum absolute atomic E-state index is 12.8. The van der Waals surface area contributed by atoms with Crippen molar-refractivity contribution in [3.05, 3.63) is 64.8 Å². The van der Waals surface area contributed by atoms with Gasteiger partial charge < -0.3 is 14.9 Å².